The van der Waals surface area contributed by atoms with Gasteiger partial charge in [0.15, 0.2) is 5.82 Å². The summed E-state index contributed by atoms with van der Waals surface area (Å²) in [5, 5.41) is 8.71. The van der Waals surface area contributed by atoms with Crippen LogP contribution in [0.3, 0.4) is 0 Å². The lowest BCUT2D eigenvalue weighted by Gasteiger charge is -2.06. The van der Waals surface area contributed by atoms with Crippen LogP contribution in [-0.2, 0) is 0 Å². The van der Waals surface area contributed by atoms with Gasteiger partial charge in [-0.2, -0.15) is 5.26 Å². The van der Waals surface area contributed by atoms with Gasteiger partial charge < -0.3 is 4.74 Å². The van der Waals surface area contributed by atoms with E-state index in [4.69, 9.17) is 10.00 Å². The van der Waals surface area contributed by atoms with E-state index in [0.29, 0.717) is 6.61 Å². The summed E-state index contributed by atoms with van der Waals surface area (Å²) >= 11 is 0. The quantitative estimate of drug-likeness (QED) is 0.710. The Labute approximate surface area is 143 Å². The van der Waals surface area contributed by atoms with Crippen molar-refractivity contribution in [1.29, 1.82) is 5.26 Å². The first-order chi connectivity index (χ1) is 12.1. The van der Waals surface area contributed by atoms with Crippen LogP contribution >= 0.6 is 0 Å². The van der Waals surface area contributed by atoms with Crippen molar-refractivity contribution in [2.45, 2.75) is 6.92 Å². The molecule has 25 heavy (non-hydrogen) atoms. The van der Waals surface area contributed by atoms with Crippen molar-refractivity contribution in [2.75, 3.05) is 6.61 Å². The molecule has 0 fully saturated rings. The van der Waals surface area contributed by atoms with Gasteiger partial charge in [-0.05, 0) is 36.8 Å². The lowest BCUT2D eigenvalue weighted by molar-refractivity contribution is 0.340. The van der Waals surface area contributed by atoms with E-state index in [2.05, 4.69) is 9.97 Å². The van der Waals surface area contributed by atoms with Crippen molar-refractivity contribution in [3.63, 3.8) is 0 Å². The number of nitriles is 1. The summed E-state index contributed by atoms with van der Waals surface area (Å²) in [6, 6.07) is 11.0. The molecule has 6 heteroatoms. The summed E-state index contributed by atoms with van der Waals surface area (Å²) in [6.07, 6.45) is 3.15. The molecule has 0 bridgehead atoms. The average molecular weight is 337 g/mol. The van der Waals surface area contributed by atoms with E-state index in [1.165, 1.54) is 6.07 Å². The number of benzene rings is 2. The fourth-order valence-corrected chi connectivity index (χ4v) is 2.35. The highest BCUT2D eigenvalue weighted by Gasteiger charge is 2.13. The Morgan fingerprint density at radius 2 is 1.56 bits per heavy atom. The second-order valence-electron chi connectivity index (χ2n) is 5.18. The molecule has 0 aliphatic rings. The van der Waals surface area contributed by atoms with Crippen molar-refractivity contribution < 1.29 is 13.5 Å². The molecular formula is C19H13F2N3O. The first-order valence-electron chi connectivity index (χ1n) is 7.57. The van der Waals surface area contributed by atoms with Gasteiger partial charge in [-0.25, -0.2) is 18.7 Å². The Balaban J connectivity index is 1.89. The van der Waals surface area contributed by atoms with Crippen LogP contribution in [0.4, 0.5) is 8.78 Å². The van der Waals surface area contributed by atoms with Crippen LogP contribution in [0.1, 0.15) is 12.5 Å². The van der Waals surface area contributed by atoms with Crippen molar-refractivity contribution in [2.24, 2.45) is 0 Å². The summed E-state index contributed by atoms with van der Waals surface area (Å²) < 4.78 is 32.8. The molecule has 2 aromatic carbocycles. The predicted molar refractivity (Wildman–Crippen MR) is 88.7 cm³/mol. The lowest BCUT2D eigenvalue weighted by Crippen LogP contribution is -1.95. The SMILES string of the molecule is CCOc1ccc(-c2cnc(-c3cc(F)c(C#N)c(F)c3)nc2)cc1. The van der Waals surface area contributed by atoms with Gasteiger partial charge in [-0.15, -0.1) is 0 Å². The highest BCUT2D eigenvalue weighted by molar-refractivity contribution is 5.64. The second-order valence-corrected chi connectivity index (χ2v) is 5.18. The fraction of sp³-hybridized carbons (Fsp3) is 0.105. The van der Waals surface area contributed by atoms with Crippen LogP contribution in [0, 0.1) is 23.0 Å². The molecule has 0 saturated heterocycles. The maximum absolute atomic E-state index is 13.7. The molecule has 0 saturated carbocycles. The third-order valence-electron chi connectivity index (χ3n) is 3.56. The lowest BCUT2D eigenvalue weighted by atomic mass is 10.1. The number of rotatable bonds is 4. The van der Waals surface area contributed by atoms with E-state index in [1.54, 1.807) is 12.4 Å². The summed E-state index contributed by atoms with van der Waals surface area (Å²) in [5.41, 5.74) is 1.22. The van der Waals surface area contributed by atoms with E-state index in [9.17, 15) is 8.78 Å². The van der Waals surface area contributed by atoms with Crippen LogP contribution < -0.4 is 4.74 Å². The molecule has 0 atom stereocenters. The van der Waals surface area contributed by atoms with E-state index < -0.39 is 17.2 Å². The molecule has 124 valence electrons. The number of nitrogens with zero attached hydrogens (tertiary/aromatic N) is 3. The second kappa shape index (κ2) is 7.05. The topological polar surface area (TPSA) is 58.8 Å². The molecule has 0 aliphatic carbocycles. The van der Waals surface area contributed by atoms with E-state index in [0.717, 1.165) is 29.0 Å². The molecule has 0 N–H and O–H groups in total. The summed E-state index contributed by atoms with van der Waals surface area (Å²) in [6.45, 7) is 2.50. The van der Waals surface area contributed by atoms with Gasteiger partial charge in [-0.3, -0.25) is 0 Å². The first kappa shape index (κ1) is 16.5. The predicted octanol–water partition coefficient (Wildman–Crippen LogP) is 4.36. The maximum atomic E-state index is 13.7. The van der Waals surface area contributed by atoms with E-state index in [-0.39, 0.29) is 11.4 Å². The largest absolute Gasteiger partial charge is 0.494 e. The molecular weight excluding hydrogens is 324 g/mol. The first-order valence-corrected chi connectivity index (χ1v) is 7.57. The van der Waals surface area contributed by atoms with Crippen LogP contribution in [0.2, 0.25) is 0 Å². The maximum Gasteiger partial charge on any atom is 0.159 e. The molecule has 1 heterocycles. The van der Waals surface area contributed by atoms with Gasteiger partial charge >= 0.3 is 0 Å². The Hall–Kier alpha value is -3.33. The molecule has 3 rings (SSSR count). The molecule has 0 spiro atoms. The molecule has 4 nitrogen and oxygen atoms in total. The normalized spacial score (nSPS) is 10.3. The van der Waals surface area contributed by atoms with Crippen LogP contribution in [0.15, 0.2) is 48.8 Å². The van der Waals surface area contributed by atoms with Gasteiger partial charge in [0.05, 0.1) is 6.61 Å². The van der Waals surface area contributed by atoms with E-state index in [1.807, 2.05) is 31.2 Å². The highest BCUT2D eigenvalue weighted by atomic mass is 19.1. The Morgan fingerprint density at radius 3 is 2.08 bits per heavy atom. The van der Waals surface area contributed by atoms with Gasteiger partial charge in [0, 0.05) is 23.5 Å². The fourth-order valence-electron chi connectivity index (χ4n) is 2.35. The summed E-state index contributed by atoms with van der Waals surface area (Å²) in [4.78, 5) is 8.33. The Kier molecular flexibility index (Phi) is 4.66. The average Bonchev–Trinajstić information content (AvgIpc) is 2.62. The molecule has 3 aromatic rings. The smallest absolute Gasteiger partial charge is 0.159 e. The number of ether oxygens (including phenoxy) is 1. The third kappa shape index (κ3) is 3.45. The molecule has 0 radical (unpaired) electrons. The van der Waals surface area contributed by atoms with Crippen molar-refractivity contribution in [3.05, 3.63) is 66.0 Å². The van der Waals surface area contributed by atoms with Gasteiger partial charge in [0.1, 0.15) is 29.0 Å². The highest BCUT2D eigenvalue weighted by Crippen LogP contribution is 2.24. The minimum Gasteiger partial charge on any atom is -0.494 e. The number of aromatic nitrogens is 2. The van der Waals surface area contributed by atoms with E-state index >= 15 is 0 Å². The van der Waals surface area contributed by atoms with Crippen molar-refractivity contribution in [3.8, 4) is 34.3 Å². The molecule has 0 amide bonds. The van der Waals surface area contributed by atoms with Crippen LogP contribution in [-0.4, -0.2) is 16.6 Å². The van der Waals surface area contributed by atoms with Crippen LogP contribution in [0.25, 0.3) is 22.5 Å². The summed E-state index contributed by atoms with van der Waals surface area (Å²) in [7, 11) is 0. The molecule has 0 aliphatic heterocycles. The zero-order valence-corrected chi connectivity index (χ0v) is 13.3. The van der Waals surface area contributed by atoms with Gasteiger partial charge in [-0.1, -0.05) is 12.1 Å². The molecule has 0 unspecified atom stereocenters. The van der Waals surface area contributed by atoms with Crippen LogP contribution in [0.5, 0.6) is 5.75 Å². The molecule has 1 aromatic heterocycles. The zero-order valence-electron chi connectivity index (χ0n) is 13.3. The third-order valence-corrected chi connectivity index (χ3v) is 3.56. The Morgan fingerprint density at radius 1 is 0.960 bits per heavy atom. The van der Waals surface area contributed by atoms with Crippen molar-refractivity contribution in [1.82, 2.24) is 9.97 Å². The standard InChI is InChI=1S/C19H13F2N3O/c1-2-25-15-5-3-12(4-6-15)14-10-23-19(24-11-14)13-7-17(20)16(9-22)18(21)8-13/h3-8,10-11H,2H2,1H3. The summed E-state index contributed by atoms with van der Waals surface area (Å²) in [5.74, 6) is -0.919. The number of hydrogen-bond donors (Lipinski definition) is 0. The van der Waals surface area contributed by atoms with Gasteiger partial charge in [0.25, 0.3) is 0 Å². The Bertz CT molecular complexity index is 909. The number of halogens is 2. The zero-order chi connectivity index (χ0) is 17.8. The minimum atomic E-state index is -0.934. The van der Waals surface area contributed by atoms with Crippen molar-refractivity contribution >= 4 is 0 Å². The monoisotopic (exact) mass is 337 g/mol. The van der Waals surface area contributed by atoms with Gasteiger partial charge in [0.2, 0.25) is 0 Å². The minimum absolute atomic E-state index is 0.173. The number of hydrogen-bond acceptors (Lipinski definition) is 4.